The molecule has 0 amide bonds. The van der Waals surface area contributed by atoms with Crippen molar-refractivity contribution >= 4 is 11.9 Å². The molecule has 2 atom stereocenters. The highest BCUT2D eigenvalue weighted by Crippen LogP contribution is 2.22. The van der Waals surface area contributed by atoms with Gasteiger partial charge >= 0.3 is 11.9 Å². The lowest BCUT2D eigenvalue weighted by Crippen LogP contribution is -2.10. The van der Waals surface area contributed by atoms with Crippen LogP contribution in [0.3, 0.4) is 0 Å². The predicted molar refractivity (Wildman–Crippen MR) is 162 cm³/mol. The number of ether oxygens (including phenoxy) is 4. The zero-order valence-electron chi connectivity index (χ0n) is 24.9. The molecular weight excluding hydrogens is 516 g/mol. The third kappa shape index (κ3) is 11.1. The van der Waals surface area contributed by atoms with Crippen LogP contribution in [0.2, 0.25) is 0 Å². The molecule has 0 saturated heterocycles. The van der Waals surface area contributed by atoms with Gasteiger partial charge in [0.05, 0.1) is 24.3 Å². The van der Waals surface area contributed by atoms with E-state index in [4.69, 9.17) is 18.9 Å². The molecule has 0 N–H and O–H groups in total. The Morgan fingerprint density at radius 3 is 1.63 bits per heavy atom. The highest BCUT2D eigenvalue weighted by Gasteiger charge is 2.12. The Labute approximate surface area is 244 Å². The summed E-state index contributed by atoms with van der Waals surface area (Å²) in [5.41, 5.74) is 2.10. The summed E-state index contributed by atoms with van der Waals surface area (Å²) in [4.78, 5) is 25.1. The van der Waals surface area contributed by atoms with Crippen molar-refractivity contribution in [2.75, 3.05) is 13.2 Å². The van der Waals surface area contributed by atoms with Gasteiger partial charge < -0.3 is 18.9 Å². The van der Waals surface area contributed by atoms with Crippen molar-refractivity contribution < 1.29 is 28.5 Å². The van der Waals surface area contributed by atoms with Crippen LogP contribution in [0, 0.1) is 11.8 Å². The average Bonchev–Trinajstić information content (AvgIpc) is 2.97. The van der Waals surface area contributed by atoms with E-state index in [2.05, 4.69) is 40.7 Å². The second-order valence-corrected chi connectivity index (χ2v) is 10.7. The number of benzene rings is 3. The summed E-state index contributed by atoms with van der Waals surface area (Å²) in [6.07, 6.45) is 6.53. The number of esters is 2. The molecule has 0 aliphatic heterocycles. The number of hydrogen-bond donors (Lipinski definition) is 0. The number of hydrogen-bond acceptors (Lipinski definition) is 6. The minimum atomic E-state index is -0.506. The molecule has 1 unspecified atom stereocenters. The van der Waals surface area contributed by atoms with Crippen molar-refractivity contribution in [3.05, 3.63) is 95.6 Å². The fraction of sp³-hybridized carbons (Fsp3) is 0.371. The third-order valence-corrected chi connectivity index (χ3v) is 6.75. The van der Waals surface area contributed by atoms with Gasteiger partial charge in [0, 0.05) is 0 Å². The van der Waals surface area contributed by atoms with Gasteiger partial charge in [-0.25, -0.2) is 9.59 Å². The van der Waals surface area contributed by atoms with E-state index in [0.29, 0.717) is 53.4 Å². The first-order valence-electron chi connectivity index (χ1n) is 14.4. The normalized spacial score (nSPS) is 12.1. The minimum Gasteiger partial charge on any atom is -0.494 e. The van der Waals surface area contributed by atoms with Gasteiger partial charge in [-0.15, -0.1) is 0 Å². The molecule has 6 nitrogen and oxygen atoms in total. The Morgan fingerprint density at radius 2 is 1.12 bits per heavy atom. The zero-order chi connectivity index (χ0) is 29.6. The standard InChI is InChI=1S/C35H42O6/c1-6-26(4)24-39-31-18-20-33(21-19-31)41-35(37)29-12-16-32(17-13-29)40-34(36)28-10-14-30(15-11-28)38-23-22-27(5)9-7-8-25(2)3/h8,10-21,26-27H,6-7,9,22-24H2,1-5H3/t26-,27?/m0/s1. The van der Waals surface area contributed by atoms with Gasteiger partial charge in [-0.2, -0.15) is 0 Å². The van der Waals surface area contributed by atoms with E-state index in [1.807, 2.05) is 0 Å². The molecule has 3 rings (SSSR count). The van der Waals surface area contributed by atoms with Crippen LogP contribution < -0.4 is 18.9 Å². The van der Waals surface area contributed by atoms with Crippen molar-refractivity contribution in [2.45, 2.75) is 60.3 Å². The summed E-state index contributed by atoms with van der Waals surface area (Å²) in [7, 11) is 0. The molecule has 3 aromatic carbocycles. The maximum absolute atomic E-state index is 12.6. The average molecular weight is 559 g/mol. The quantitative estimate of drug-likeness (QED) is 0.106. The number of rotatable bonds is 15. The van der Waals surface area contributed by atoms with Crippen LogP contribution in [-0.2, 0) is 0 Å². The summed E-state index contributed by atoms with van der Waals surface area (Å²) in [6.45, 7) is 12.0. The van der Waals surface area contributed by atoms with Crippen molar-refractivity contribution in [1.29, 1.82) is 0 Å². The van der Waals surface area contributed by atoms with Crippen LogP contribution in [0.25, 0.3) is 0 Å². The van der Waals surface area contributed by atoms with Crippen LogP contribution in [0.15, 0.2) is 84.4 Å². The SMILES string of the molecule is CC[C@H](C)COc1ccc(OC(=O)c2ccc(OC(=O)c3ccc(OCCC(C)CCC=C(C)C)cc3)cc2)cc1. The summed E-state index contributed by atoms with van der Waals surface area (Å²) in [5, 5.41) is 0. The lowest BCUT2D eigenvalue weighted by Gasteiger charge is -2.12. The molecule has 0 fully saturated rings. The molecule has 0 bridgehead atoms. The van der Waals surface area contributed by atoms with Crippen LogP contribution in [0.5, 0.6) is 23.0 Å². The molecule has 6 heteroatoms. The maximum Gasteiger partial charge on any atom is 0.343 e. The summed E-state index contributed by atoms with van der Waals surface area (Å²) < 4.78 is 22.5. The third-order valence-electron chi connectivity index (χ3n) is 6.75. The Morgan fingerprint density at radius 1 is 0.659 bits per heavy atom. The fourth-order valence-electron chi connectivity index (χ4n) is 3.82. The van der Waals surface area contributed by atoms with Gasteiger partial charge in [-0.05, 0) is 118 Å². The largest absolute Gasteiger partial charge is 0.494 e. The monoisotopic (exact) mass is 558 g/mol. The second-order valence-electron chi connectivity index (χ2n) is 10.7. The molecular formula is C35H42O6. The summed E-state index contributed by atoms with van der Waals surface area (Å²) >= 11 is 0. The van der Waals surface area contributed by atoms with Crippen LogP contribution >= 0.6 is 0 Å². The van der Waals surface area contributed by atoms with E-state index >= 15 is 0 Å². The lowest BCUT2D eigenvalue weighted by atomic mass is 10.0. The predicted octanol–water partition coefficient (Wildman–Crippen LogP) is 8.70. The van der Waals surface area contributed by atoms with Crippen molar-refractivity contribution in [3.63, 3.8) is 0 Å². The van der Waals surface area contributed by atoms with E-state index < -0.39 is 11.9 Å². The van der Waals surface area contributed by atoms with Gasteiger partial charge in [0.25, 0.3) is 0 Å². The van der Waals surface area contributed by atoms with Crippen molar-refractivity contribution in [2.24, 2.45) is 11.8 Å². The molecule has 0 aromatic heterocycles. The molecule has 0 spiro atoms. The highest BCUT2D eigenvalue weighted by molar-refractivity contribution is 5.92. The summed E-state index contributed by atoms with van der Waals surface area (Å²) in [6, 6.07) is 20.1. The van der Waals surface area contributed by atoms with Gasteiger partial charge in [0.2, 0.25) is 0 Å². The van der Waals surface area contributed by atoms with Gasteiger partial charge in [0.1, 0.15) is 23.0 Å². The first-order chi connectivity index (χ1) is 19.7. The molecule has 0 saturated carbocycles. The fourth-order valence-corrected chi connectivity index (χ4v) is 3.82. The molecule has 0 aliphatic carbocycles. The molecule has 41 heavy (non-hydrogen) atoms. The maximum atomic E-state index is 12.6. The molecule has 3 aromatic rings. The Hall–Kier alpha value is -4.06. The van der Waals surface area contributed by atoms with E-state index in [9.17, 15) is 9.59 Å². The Kier molecular flexibility index (Phi) is 12.5. The lowest BCUT2D eigenvalue weighted by molar-refractivity contribution is 0.0730. The highest BCUT2D eigenvalue weighted by atomic mass is 16.5. The van der Waals surface area contributed by atoms with Crippen LogP contribution in [0.4, 0.5) is 0 Å². The minimum absolute atomic E-state index is 0.330. The number of carbonyl (C=O) groups excluding carboxylic acids is 2. The van der Waals surface area contributed by atoms with E-state index in [1.54, 1.807) is 72.8 Å². The van der Waals surface area contributed by atoms with Crippen LogP contribution in [0.1, 0.15) is 81.0 Å². The second kappa shape index (κ2) is 16.3. The molecule has 218 valence electrons. The molecule has 0 aliphatic rings. The van der Waals surface area contributed by atoms with E-state index in [1.165, 1.54) is 5.57 Å². The summed E-state index contributed by atoms with van der Waals surface area (Å²) in [5.74, 6) is 2.26. The van der Waals surface area contributed by atoms with Crippen molar-refractivity contribution in [1.82, 2.24) is 0 Å². The Balaban J connectivity index is 1.43. The van der Waals surface area contributed by atoms with Crippen molar-refractivity contribution in [3.8, 4) is 23.0 Å². The van der Waals surface area contributed by atoms with E-state index in [0.717, 1.165) is 31.4 Å². The molecule has 0 heterocycles. The topological polar surface area (TPSA) is 71.1 Å². The zero-order valence-corrected chi connectivity index (χ0v) is 24.9. The molecule has 0 radical (unpaired) electrons. The smallest absolute Gasteiger partial charge is 0.343 e. The van der Waals surface area contributed by atoms with Crippen LogP contribution in [-0.4, -0.2) is 25.2 Å². The number of allylic oxidation sites excluding steroid dienone is 2. The van der Waals surface area contributed by atoms with Gasteiger partial charge in [0.15, 0.2) is 0 Å². The van der Waals surface area contributed by atoms with Gasteiger partial charge in [-0.1, -0.05) is 38.8 Å². The first kappa shape index (κ1) is 31.5. The Bertz CT molecular complexity index is 1260. The van der Waals surface area contributed by atoms with E-state index in [-0.39, 0.29) is 0 Å². The first-order valence-corrected chi connectivity index (χ1v) is 14.4. The number of carbonyl (C=O) groups is 2. The van der Waals surface area contributed by atoms with Gasteiger partial charge in [-0.3, -0.25) is 0 Å².